The molecule has 0 spiro atoms. The number of rotatable bonds is 3. The van der Waals surface area contributed by atoms with E-state index in [1.165, 1.54) is 4.88 Å². The molecule has 0 aromatic carbocycles. The van der Waals surface area contributed by atoms with Crippen LogP contribution >= 0.6 is 11.3 Å². The molecule has 1 saturated heterocycles. The van der Waals surface area contributed by atoms with Crippen molar-refractivity contribution in [1.29, 1.82) is 0 Å². The van der Waals surface area contributed by atoms with Gasteiger partial charge in [-0.3, -0.25) is 4.98 Å². The number of nitrogens with zero attached hydrogens (tertiary/aromatic N) is 4. The molecule has 3 aromatic heterocycles. The second-order valence-corrected chi connectivity index (χ2v) is 9.66. The van der Waals surface area contributed by atoms with E-state index < -0.39 is 6.10 Å². The van der Waals surface area contributed by atoms with Gasteiger partial charge in [-0.1, -0.05) is 0 Å². The van der Waals surface area contributed by atoms with Crippen molar-refractivity contribution < 1.29 is 9.84 Å². The van der Waals surface area contributed by atoms with E-state index in [0.29, 0.717) is 11.8 Å². The maximum absolute atomic E-state index is 10.8. The highest BCUT2D eigenvalue weighted by Crippen LogP contribution is 2.41. The summed E-state index contributed by atoms with van der Waals surface area (Å²) in [6, 6.07) is 6.11. The van der Waals surface area contributed by atoms with Crippen molar-refractivity contribution in [3.63, 3.8) is 0 Å². The third-order valence-electron chi connectivity index (χ3n) is 6.27. The van der Waals surface area contributed by atoms with Crippen LogP contribution in [-0.2, 0) is 0 Å². The predicted molar refractivity (Wildman–Crippen MR) is 115 cm³/mol. The van der Waals surface area contributed by atoms with Gasteiger partial charge in [0.05, 0.1) is 17.2 Å². The van der Waals surface area contributed by atoms with Crippen LogP contribution in [0.25, 0.3) is 10.2 Å². The van der Waals surface area contributed by atoms with Gasteiger partial charge in [0.1, 0.15) is 28.8 Å². The molecule has 5 rings (SSSR count). The second-order valence-electron chi connectivity index (χ2n) is 8.43. The van der Waals surface area contributed by atoms with Crippen LogP contribution in [0, 0.1) is 32.6 Å². The first kappa shape index (κ1) is 18.8. The number of aromatic nitrogens is 3. The molecular formula is C22H26N4O2S. The van der Waals surface area contributed by atoms with Gasteiger partial charge in [-0.25, -0.2) is 9.97 Å². The van der Waals surface area contributed by atoms with Gasteiger partial charge in [0, 0.05) is 23.7 Å². The SMILES string of the molecule is Cc1ccc(O[C@@H]2C[C@@H]3CN(c4ncnc5sc(C)cc45)C[C@@H]3C[C@H]2O)c(C)n1. The number of aliphatic hydroxyl groups excluding tert-OH is 1. The van der Waals surface area contributed by atoms with E-state index in [4.69, 9.17) is 4.74 Å². The Hall–Kier alpha value is -2.25. The fourth-order valence-corrected chi connectivity index (χ4v) is 5.71. The Bertz CT molecular complexity index is 1050. The molecule has 29 heavy (non-hydrogen) atoms. The highest BCUT2D eigenvalue weighted by molar-refractivity contribution is 7.18. The third-order valence-corrected chi connectivity index (χ3v) is 7.23. The number of hydrogen-bond acceptors (Lipinski definition) is 7. The summed E-state index contributed by atoms with van der Waals surface area (Å²) in [4.78, 5) is 18.2. The van der Waals surface area contributed by atoms with E-state index in [9.17, 15) is 5.11 Å². The highest BCUT2D eigenvalue weighted by atomic mass is 32.1. The normalized spacial score (nSPS) is 26.7. The van der Waals surface area contributed by atoms with Crippen LogP contribution in [0.2, 0.25) is 0 Å². The van der Waals surface area contributed by atoms with Gasteiger partial charge in [0.15, 0.2) is 0 Å². The summed E-state index contributed by atoms with van der Waals surface area (Å²) < 4.78 is 6.22. The van der Waals surface area contributed by atoms with Crippen molar-refractivity contribution >= 4 is 27.4 Å². The fraction of sp³-hybridized carbons (Fsp3) is 0.500. The quantitative estimate of drug-likeness (QED) is 0.710. The van der Waals surface area contributed by atoms with E-state index in [2.05, 4.69) is 32.8 Å². The Kier molecular flexibility index (Phi) is 4.67. The molecule has 0 unspecified atom stereocenters. The number of thiophene rings is 1. The monoisotopic (exact) mass is 410 g/mol. The molecule has 1 N–H and O–H groups in total. The van der Waals surface area contributed by atoms with E-state index in [0.717, 1.165) is 59.1 Å². The maximum atomic E-state index is 10.8. The Morgan fingerprint density at radius 3 is 2.69 bits per heavy atom. The Morgan fingerprint density at radius 2 is 1.90 bits per heavy atom. The zero-order valence-electron chi connectivity index (χ0n) is 17.0. The summed E-state index contributed by atoms with van der Waals surface area (Å²) in [5, 5.41) is 11.9. The molecule has 1 aliphatic heterocycles. The molecule has 4 heterocycles. The molecule has 1 saturated carbocycles. The number of ether oxygens (including phenoxy) is 1. The Balaban J connectivity index is 1.34. The van der Waals surface area contributed by atoms with Gasteiger partial charge in [0.25, 0.3) is 0 Å². The molecular weight excluding hydrogens is 384 g/mol. The van der Waals surface area contributed by atoms with E-state index >= 15 is 0 Å². The summed E-state index contributed by atoms with van der Waals surface area (Å²) in [5.41, 5.74) is 1.86. The van der Waals surface area contributed by atoms with E-state index in [1.807, 2.05) is 26.0 Å². The van der Waals surface area contributed by atoms with Gasteiger partial charge < -0.3 is 14.7 Å². The van der Waals surface area contributed by atoms with Crippen LogP contribution in [0.1, 0.15) is 29.1 Å². The van der Waals surface area contributed by atoms with E-state index in [1.54, 1.807) is 17.7 Å². The number of aliphatic hydroxyl groups is 1. The second kappa shape index (κ2) is 7.22. The average Bonchev–Trinajstić information content (AvgIpc) is 3.25. The number of anilines is 1. The molecule has 2 fully saturated rings. The number of fused-ring (bicyclic) bond motifs is 2. The first-order valence-corrected chi connectivity index (χ1v) is 11.0. The molecule has 4 atom stereocenters. The molecule has 0 bridgehead atoms. The summed E-state index contributed by atoms with van der Waals surface area (Å²) >= 11 is 1.71. The van der Waals surface area contributed by atoms with Gasteiger partial charge in [-0.05, 0) is 63.6 Å². The Morgan fingerprint density at radius 1 is 1.10 bits per heavy atom. The van der Waals surface area contributed by atoms with Crippen molar-refractivity contribution in [3.8, 4) is 5.75 Å². The van der Waals surface area contributed by atoms with Crippen molar-refractivity contribution in [2.45, 2.75) is 45.8 Å². The third kappa shape index (κ3) is 3.46. The van der Waals surface area contributed by atoms with Crippen molar-refractivity contribution in [1.82, 2.24) is 15.0 Å². The van der Waals surface area contributed by atoms with Crippen LogP contribution in [0.3, 0.4) is 0 Å². The molecule has 3 aromatic rings. The largest absolute Gasteiger partial charge is 0.486 e. The molecule has 0 amide bonds. The maximum Gasteiger partial charge on any atom is 0.141 e. The van der Waals surface area contributed by atoms with Crippen LogP contribution < -0.4 is 9.64 Å². The first-order valence-electron chi connectivity index (χ1n) is 10.2. The minimum absolute atomic E-state index is 0.187. The summed E-state index contributed by atoms with van der Waals surface area (Å²) in [6.45, 7) is 7.92. The topological polar surface area (TPSA) is 71.4 Å². The summed E-state index contributed by atoms with van der Waals surface area (Å²) in [5.74, 6) is 2.76. The molecule has 152 valence electrons. The van der Waals surface area contributed by atoms with Crippen molar-refractivity contribution in [2.24, 2.45) is 11.8 Å². The van der Waals surface area contributed by atoms with E-state index in [-0.39, 0.29) is 6.10 Å². The zero-order chi connectivity index (χ0) is 20.1. The number of pyridine rings is 1. The number of aryl methyl sites for hydroxylation is 3. The predicted octanol–water partition coefficient (Wildman–Crippen LogP) is 3.67. The lowest BCUT2D eigenvalue weighted by molar-refractivity contribution is -0.0236. The summed E-state index contributed by atoms with van der Waals surface area (Å²) in [6.07, 6.45) is 2.65. The average molecular weight is 411 g/mol. The number of hydrogen-bond donors (Lipinski definition) is 1. The lowest BCUT2D eigenvalue weighted by Crippen LogP contribution is -2.42. The van der Waals surface area contributed by atoms with Gasteiger partial charge in [-0.2, -0.15) is 0 Å². The standard InChI is InChI=1S/C22H26N4O2S/c1-12-4-5-19(14(3)25-12)28-20-8-16-10-26(9-15(16)7-18(20)27)21-17-6-13(2)29-22(17)24-11-23-21/h4-6,11,15-16,18,20,27H,7-10H2,1-3H3/t15-,16+,18+,20+/m0/s1. The molecule has 2 aliphatic rings. The lowest BCUT2D eigenvalue weighted by Gasteiger charge is -2.35. The first-order chi connectivity index (χ1) is 14.0. The van der Waals surface area contributed by atoms with Crippen molar-refractivity contribution in [2.75, 3.05) is 18.0 Å². The minimum Gasteiger partial charge on any atom is -0.486 e. The minimum atomic E-state index is -0.453. The molecule has 0 radical (unpaired) electrons. The molecule has 1 aliphatic carbocycles. The van der Waals surface area contributed by atoms with Gasteiger partial charge >= 0.3 is 0 Å². The highest BCUT2D eigenvalue weighted by Gasteiger charge is 2.43. The molecule has 7 heteroatoms. The van der Waals surface area contributed by atoms with Crippen LogP contribution in [0.15, 0.2) is 24.5 Å². The van der Waals surface area contributed by atoms with Crippen molar-refractivity contribution in [3.05, 3.63) is 40.8 Å². The zero-order valence-corrected chi connectivity index (χ0v) is 17.8. The van der Waals surface area contributed by atoms with Gasteiger partial charge in [0.2, 0.25) is 0 Å². The van der Waals surface area contributed by atoms with Crippen LogP contribution in [0.4, 0.5) is 5.82 Å². The lowest BCUT2D eigenvalue weighted by atomic mass is 9.78. The Labute approximate surface area is 174 Å². The summed E-state index contributed by atoms with van der Waals surface area (Å²) in [7, 11) is 0. The molecule has 6 nitrogen and oxygen atoms in total. The van der Waals surface area contributed by atoms with Crippen LogP contribution in [-0.4, -0.2) is 45.4 Å². The van der Waals surface area contributed by atoms with Crippen LogP contribution in [0.5, 0.6) is 5.75 Å². The fourth-order valence-electron chi connectivity index (χ4n) is 4.87. The van der Waals surface area contributed by atoms with Gasteiger partial charge in [-0.15, -0.1) is 11.3 Å². The smallest absolute Gasteiger partial charge is 0.141 e.